The van der Waals surface area contributed by atoms with E-state index < -0.39 is 5.54 Å². The molecule has 1 spiro atoms. The first-order valence-electron chi connectivity index (χ1n) is 10.6. The number of hydrogen-bond donors (Lipinski definition) is 2. The maximum Gasteiger partial charge on any atom is 0.247 e. The number of benzene rings is 1. The van der Waals surface area contributed by atoms with Crippen molar-refractivity contribution >= 4 is 17.2 Å². The van der Waals surface area contributed by atoms with Gasteiger partial charge < -0.3 is 24.8 Å². The van der Waals surface area contributed by atoms with Crippen LogP contribution >= 0.6 is 0 Å². The second kappa shape index (κ2) is 7.74. The zero-order valence-corrected chi connectivity index (χ0v) is 17.3. The lowest BCUT2D eigenvalue weighted by atomic mass is 9.86. The number of likely N-dealkylation sites (tertiary alicyclic amines) is 1. The largest absolute Gasteiger partial charge is 0.339 e. The Labute approximate surface area is 176 Å². The zero-order chi connectivity index (χ0) is 20.6. The smallest absolute Gasteiger partial charge is 0.247 e. The molecule has 156 valence electrons. The minimum atomic E-state index is -0.408. The van der Waals surface area contributed by atoms with Gasteiger partial charge in [0.1, 0.15) is 11.2 Å². The minimum Gasteiger partial charge on any atom is -0.339 e. The maximum atomic E-state index is 12.7. The lowest BCUT2D eigenvalue weighted by Crippen LogP contribution is -2.55. The molecule has 0 saturated carbocycles. The number of hydrogen-bond acceptors (Lipinski definition) is 5. The molecule has 0 unspecified atom stereocenters. The van der Waals surface area contributed by atoms with Crippen LogP contribution < -0.4 is 15.5 Å². The van der Waals surface area contributed by atoms with E-state index in [1.165, 1.54) is 5.56 Å². The highest BCUT2D eigenvalue weighted by Gasteiger charge is 2.49. The standard InChI is InChI=1S/C23H28N6O/c1-27-11-8-23(9-12-27)22(30)25-17-29(23)20-6-4-5-18(13-20)14-24-15-19-16-28-10-3-2-7-21(28)26-19/h2-7,10,13,16,24H,8-9,11-12,14-15,17H2,1H3,(H,25,30). The van der Waals surface area contributed by atoms with Crippen LogP contribution in [0.25, 0.3) is 5.65 Å². The number of fused-ring (bicyclic) bond motifs is 1. The number of nitrogens with one attached hydrogen (secondary N) is 2. The number of nitrogens with zero attached hydrogens (tertiary/aromatic N) is 4. The van der Waals surface area contributed by atoms with E-state index in [0.29, 0.717) is 13.2 Å². The third kappa shape index (κ3) is 3.44. The molecule has 7 heteroatoms. The predicted molar refractivity (Wildman–Crippen MR) is 117 cm³/mol. The van der Waals surface area contributed by atoms with Gasteiger partial charge in [0.05, 0.1) is 12.4 Å². The Kier molecular flexibility index (Phi) is 4.92. The van der Waals surface area contributed by atoms with Crippen molar-refractivity contribution in [2.45, 2.75) is 31.5 Å². The van der Waals surface area contributed by atoms with Crippen molar-refractivity contribution in [3.63, 3.8) is 0 Å². The van der Waals surface area contributed by atoms with Crippen LogP contribution in [0.5, 0.6) is 0 Å². The number of carbonyl (C=O) groups is 1. The summed E-state index contributed by atoms with van der Waals surface area (Å²) in [4.78, 5) is 21.9. The van der Waals surface area contributed by atoms with Gasteiger partial charge in [-0.05, 0) is 49.7 Å². The van der Waals surface area contributed by atoms with Crippen molar-refractivity contribution in [3.05, 3.63) is 66.1 Å². The lowest BCUT2D eigenvalue weighted by Gasteiger charge is -2.42. The summed E-state index contributed by atoms with van der Waals surface area (Å²) in [6, 6.07) is 14.6. The van der Waals surface area contributed by atoms with Crippen LogP contribution in [-0.2, 0) is 17.9 Å². The molecular formula is C23H28N6O. The molecule has 3 aromatic rings. The fraction of sp³-hybridized carbons (Fsp3) is 0.391. The highest BCUT2D eigenvalue weighted by Crippen LogP contribution is 2.36. The van der Waals surface area contributed by atoms with E-state index in [2.05, 4.69) is 62.9 Å². The summed E-state index contributed by atoms with van der Waals surface area (Å²) < 4.78 is 2.04. The highest BCUT2D eigenvalue weighted by molar-refractivity contribution is 5.93. The topological polar surface area (TPSA) is 64.9 Å². The minimum absolute atomic E-state index is 0.172. The first-order chi connectivity index (χ1) is 14.6. The Morgan fingerprint density at radius 3 is 2.83 bits per heavy atom. The van der Waals surface area contributed by atoms with Gasteiger partial charge in [-0.1, -0.05) is 18.2 Å². The van der Waals surface area contributed by atoms with E-state index in [0.717, 1.165) is 49.5 Å². The fourth-order valence-corrected chi connectivity index (χ4v) is 4.65. The van der Waals surface area contributed by atoms with Gasteiger partial charge in [-0.3, -0.25) is 4.79 Å². The number of imidazole rings is 1. The van der Waals surface area contributed by atoms with Gasteiger partial charge in [-0.15, -0.1) is 0 Å². The summed E-state index contributed by atoms with van der Waals surface area (Å²) in [5, 5.41) is 6.58. The monoisotopic (exact) mass is 404 g/mol. The van der Waals surface area contributed by atoms with Gasteiger partial charge in [0.15, 0.2) is 0 Å². The average Bonchev–Trinajstić information content (AvgIpc) is 3.31. The SMILES string of the molecule is CN1CCC2(CC1)C(=O)NCN2c1cccc(CNCc2cn3ccccc3n2)c1. The molecular weight excluding hydrogens is 376 g/mol. The molecule has 5 rings (SSSR count). The second-order valence-corrected chi connectivity index (χ2v) is 8.40. The Morgan fingerprint density at radius 2 is 2.00 bits per heavy atom. The van der Waals surface area contributed by atoms with Crippen molar-refractivity contribution in [1.29, 1.82) is 0 Å². The zero-order valence-electron chi connectivity index (χ0n) is 17.3. The molecule has 0 radical (unpaired) electrons. The molecule has 2 aliphatic heterocycles. The van der Waals surface area contributed by atoms with Crippen LogP contribution in [0.1, 0.15) is 24.1 Å². The van der Waals surface area contributed by atoms with Gasteiger partial charge in [0.25, 0.3) is 0 Å². The summed E-state index contributed by atoms with van der Waals surface area (Å²) in [6.45, 7) is 3.95. The van der Waals surface area contributed by atoms with Gasteiger partial charge in [0, 0.05) is 44.3 Å². The molecule has 1 amide bonds. The van der Waals surface area contributed by atoms with Crippen LogP contribution in [0, 0.1) is 0 Å². The van der Waals surface area contributed by atoms with E-state index >= 15 is 0 Å². The number of piperidine rings is 1. The Balaban J connectivity index is 1.27. The van der Waals surface area contributed by atoms with E-state index in [4.69, 9.17) is 0 Å². The van der Waals surface area contributed by atoms with Crippen LogP contribution in [-0.4, -0.2) is 52.5 Å². The summed E-state index contributed by atoms with van der Waals surface area (Å²) >= 11 is 0. The fourth-order valence-electron chi connectivity index (χ4n) is 4.65. The van der Waals surface area contributed by atoms with Gasteiger partial charge >= 0.3 is 0 Å². The Morgan fingerprint density at radius 1 is 1.13 bits per heavy atom. The summed E-state index contributed by atoms with van der Waals surface area (Å²) in [5.74, 6) is 0.172. The average molecular weight is 405 g/mol. The van der Waals surface area contributed by atoms with E-state index in [9.17, 15) is 4.79 Å². The van der Waals surface area contributed by atoms with Crippen molar-refractivity contribution in [2.24, 2.45) is 0 Å². The first kappa shape index (κ1) is 19.1. The molecule has 2 aliphatic rings. The quantitative estimate of drug-likeness (QED) is 0.681. The van der Waals surface area contributed by atoms with Crippen molar-refractivity contribution in [1.82, 2.24) is 24.9 Å². The summed E-state index contributed by atoms with van der Waals surface area (Å²) in [5.41, 5.74) is 3.90. The number of pyridine rings is 1. The maximum absolute atomic E-state index is 12.7. The van der Waals surface area contributed by atoms with E-state index in [1.807, 2.05) is 28.8 Å². The highest BCUT2D eigenvalue weighted by atomic mass is 16.2. The molecule has 1 aromatic carbocycles. The van der Waals surface area contributed by atoms with E-state index in [1.54, 1.807) is 0 Å². The molecule has 2 aromatic heterocycles. The summed E-state index contributed by atoms with van der Waals surface area (Å²) in [6.07, 6.45) is 5.81. The number of anilines is 1. The van der Waals surface area contributed by atoms with Crippen molar-refractivity contribution in [2.75, 3.05) is 31.7 Å². The molecule has 4 heterocycles. The number of rotatable bonds is 5. The van der Waals surface area contributed by atoms with Gasteiger partial charge in [-0.2, -0.15) is 0 Å². The van der Waals surface area contributed by atoms with Gasteiger partial charge in [0.2, 0.25) is 5.91 Å². The predicted octanol–water partition coefficient (Wildman–Crippen LogP) is 1.98. The molecule has 2 N–H and O–H groups in total. The van der Waals surface area contributed by atoms with E-state index in [-0.39, 0.29) is 5.91 Å². The van der Waals surface area contributed by atoms with Gasteiger partial charge in [-0.25, -0.2) is 4.98 Å². The van der Waals surface area contributed by atoms with Crippen LogP contribution in [0.3, 0.4) is 0 Å². The molecule has 2 fully saturated rings. The molecule has 0 atom stereocenters. The first-order valence-corrected chi connectivity index (χ1v) is 10.6. The summed E-state index contributed by atoms with van der Waals surface area (Å²) in [7, 11) is 2.12. The molecule has 30 heavy (non-hydrogen) atoms. The Hall–Kier alpha value is -2.90. The lowest BCUT2D eigenvalue weighted by molar-refractivity contribution is -0.125. The molecule has 2 saturated heterocycles. The second-order valence-electron chi connectivity index (χ2n) is 8.40. The third-order valence-electron chi connectivity index (χ3n) is 6.42. The number of aromatic nitrogens is 2. The van der Waals surface area contributed by atoms with Crippen LogP contribution in [0.2, 0.25) is 0 Å². The number of amides is 1. The van der Waals surface area contributed by atoms with Crippen LogP contribution in [0.4, 0.5) is 5.69 Å². The van der Waals surface area contributed by atoms with Crippen molar-refractivity contribution in [3.8, 4) is 0 Å². The molecule has 7 nitrogen and oxygen atoms in total. The normalized spacial score (nSPS) is 19.0. The van der Waals surface area contributed by atoms with Crippen LogP contribution in [0.15, 0.2) is 54.9 Å². The number of carbonyl (C=O) groups excluding carboxylic acids is 1. The van der Waals surface area contributed by atoms with Crippen molar-refractivity contribution < 1.29 is 4.79 Å². The molecule has 0 bridgehead atoms. The Bertz CT molecular complexity index is 1020. The molecule has 0 aliphatic carbocycles. The third-order valence-corrected chi connectivity index (χ3v) is 6.42.